The van der Waals surface area contributed by atoms with Gasteiger partial charge in [-0.1, -0.05) is 31.2 Å². The molecule has 1 atom stereocenters. The first-order valence-electron chi connectivity index (χ1n) is 12.5. The number of hydrogen-bond donors (Lipinski definition) is 1. The molecule has 1 saturated heterocycles. The summed E-state index contributed by atoms with van der Waals surface area (Å²) < 4.78 is 16.1. The number of nitrogens with zero attached hydrogens (tertiary/aromatic N) is 2. The minimum absolute atomic E-state index is 0.0549. The van der Waals surface area contributed by atoms with Crippen LogP contribution in [0.3, 0.4) is 0 Å². The Balaban J connectivity index is 1.64. The van der Waals surface area contributed by atoms with Crippen molar-refractivity contribution in [3.63, 3.8) is 0 Å². The lowest BCUT2D eigenvalue weighted by atomic mass is 9.87. The van der Waals surface area contributed by atoms with Crippen molar-refractivity contribution in [2.45, 2.75) is 32.6 Å². The zero-order valence-corrected chi connectivity index (χ0v) is 21.5. The molecule has 8 heteroatoms. The molecule has 1 fully saturated rings. The van der Waals surface area contributed by atoms with E-state index in [1.54, 1.807) is 26.0 Å². The highest BCUT2D eigenvalue weighted by Gasteiger charge is 2.29. The number of aromatic nitrogens is 1. The predicted octanol–water partition coefficient (Wildman–Crippen LogP) is 4.57. The largest absolute Gasteiger partial charge is 0.493 e. The van der Waals surface area contributed by atoms with Crippen LogP contribution in [-0.4, -0.2) is 73.8 Å². The number of carbonyl (C=O) groups is 2. The lowest BCUT2D eigenvalue weighted by Gasteiger charge is -2.34. The first-order valence-corrected chi connectivity index (χ1v) is 12.5. The number of fused-ring (bicyclic) bond motifs is 1. The van der Waals surface area contributed by atoms with E-state index in [4.69, 9.17) is 14.2 Å². The normalized spacial score (nSPS) is 14.6. The molecular weight excluding hydrogens is 458 g/mol. The number of amides is 2. The van der Waals surface area contributed by atoms with Crippen molar-refractivity contribution >= 4 is 22.9 Å². The standard InChI is InChI=1S/C28H35N3O5/c1-5-19-8-7-9-21-23(18-29-27(19)21)22(20-10-11-24(34-3)25(16-20)35-4)17-26(32)30-12-14-31(15-13-30)28(33)36-6-2/h7-11,16,18,22,29H,5-6,12-15,17H2,1-4H3. The van der Waals surface area contributed by atoms with Crippen LogP contribution in [0.25, 0.3) is 10.9 Å². The van der Waals surface area contributed by atoms with Crippen LogP contribution in [0.15, 0.2) is 42.6 Å². The molecule has 0 bridgehead atoms. The van der Waals surface area contributed by atoms with Crippen LogP contribution in [0.2, 0.25) is 0 Å². The third kappa shape index (κ3) is 5.12. The topological polar surface area (TPSA) is 84.1 Å². The van der Waals surface area contributed by atoms with E-state index in [9.17, 15) is 9.59 Å². The molecule has 2 aromatic carbocycles. The van der Waals surface area contributed by atoms with Gasteiger partial charge in [-0.25, -0.2) is 4.79 Å². The molecule has 1 aliphatic heterocycles. The van der Waals surface area contributed by atoms with E-state index in [1.807, 2.05) is 29.3 Å². The number of carbonyl (C=O) groups excluding carboxylic acids is 2. The summed E-state index contributed by atoms with van der Waals surface area (Å²) >= 11 is 0. The van der Waals surface area contributed by atoms with Gasteiger partial charge in [0.1, 0.15) is 0 Å². The Morgan fingerprint density at radius 2 is 1.69 bits per heavy atom. The van der Waals surface area contributed by atoms with Gasteiger partial charge in [0.2, 0.25) is 5.91 Å². The Morgan fingerprint density at radius 3 is 2.36 bits per heavy atom. The second-order valence-electron chi connectivity index (χ2n) is 8.88. The van der Waals surface area contributed by atoms with E-state index in [0.717, 1.165) is 28.5 Å². The van der Waals surface area contributed by atoms with E-state index >= 15 is 0 Å². The summed E-state index contributed by atoms with van der Waals surface area (Å²) in [5, 5.41) is 1.12. The second-order valence-corrected chi connectivity index (χ2v) is 8.88. The predicted molar refractivity (Wildman–Crippen MR) is 139 cm³/mol. The lowest BCUT2D eigenvalue weighted by molar-refractivity contribution is -0.133. The fourth-order valence-corrected chi connectivity index (χ4v) is 4.96. The van der Waals surface area contributed by atoms with Gasteiger partial charge >= 0.3 is 6.09 Å². The Hall–Kier alpha value is -3.68. The summed E-state index contributed by atoms with van der Waals surface area (Å²) in [6.45, 7) is 6.20. The quantitative estimate of drug-likeness (QED) is 0.497. The second kappa shape index (κ2) is 11.4. The van der Waals surface area contributed by atoms with E-state index < -0.39 is 0 Å². The fourth-order valence-electron chi connectivity index (χ4n) is 4.96. The van der Waals surface area contributed by atoms with Gasteiger partial charge in [-0.05, 0) is 42.2 Å². The number of nitrogens with one attached hydrogen (secondary N) is 1. The number of rotatable bonds is 8. The number of piperazine rings is 1. The Kier molecular flexibility index (Phi) is 8.03. The van der Waals surface area contributed by atoms with Crippen molar-refractivity contribution in [3.8, 4) is 11.5 Å². The molecule has 0 aliphatic carbocycles. The smallest absolute Gasteiger partial charge is 0.409 e. The molecule has 1 aromatic heterocycles. The van der Waals surface area contributed by atoms with Crippen LogP contribution < -0.4 is 9.47 Å². The minimum Gasteiger partial charge on any atom is -0.493 e. The SMILES string of the molecule is CCOC(=O)N1CCN(C(=O)CC(c2ccc(OC)c(OC)c2)c2c[nH]c3c(CC)cccc23)CC1. The lowest BCUT2D eigenvalue weighted by Crippen LogP contribution is -2.50. The Bertz CT molecular complexity index is 1210. The van der Waals surface area contributed by atoms with Crippen LogP contribution in [0.1, 0.15) is 42.9 Å². The Morgan fingerprint density at radius 1 is 0.972 bits per heavy atom. The summed E-state index contributed by atoms with van der Waals surface area (Å²) in [6.07, 6.45) is 2.93. The first kappa shape index (κ1) is 25.4. The summed E-state index contributed by atoms with van der Waals surface area (Å²) in [5.41, 5.74) is 4.40. The zero-order chi connectivity index (χ0) is 25.7. The molecule has 3 aromatic rings. The first-order chi connectivity index (χ1) is 17.5. The van der Waals surface area contributed by atoms with Crippen molar-refractivity contribution in [2.24, 2.45) is 0 Å². The Labute approximate surface area is 212 Å². The van der Waals surface area contributed by atoms with Gasteiger partial charge in [0.05, 0.1) is 20.8 Å². The molecule has 192 valence electrons. The molecule has 8 nitrogen and oxygen atoms in total. The van der Waals surface area contributed by atoms with Gasteiger partial charge in [0.25, 0.3) is 0 Å². The number of methoxy groups -OCH3 is 2. The number of hydrogen-bond acceptors (Lipinski definition) is 5. The molecule has 1 aliphatic rings. The number of aryl methyl sites for hydroxylation is 1. The molecule has 2 amide bonds. The van der Waals surface area contributed by atoms with Crippen LogP contribution in [0, 0.1) is 0 Å². The molecule has 1 unspecified atom stereocenters. The maximum absolute atomic E-state index is 13.5. The third-order valence-corrected chi connectivity index (χ3v) is 6.94. The average molecular weight is 494 g/mol. The number of aromatic amines is 1. The minimum atomic E-state index is -0.321. The van der Waals surface area contributed by atoms with Crippen LogP contribution >= 0.6 is 0 Å². The highest BCUT2D eigenvalue weighted by molar-refractivity contribution is 5.88. The van der Waals surface area contributed by atoms with Crippen LogP contribution in [0.4, 0.5) is 4.79 Å². The molecule has 1 N–H and O–H groups in total. The summed E-state index contributed by atoms with van der Waals surface area (Å²) in [7, 11) is 3.23. The van der Waals surface area contributed by atoms with Crippen molar-refractivity contribution in [2.75, 3.05) is 47.0 Å². The van der Waals surface area contributed by atoms with Gasteiger partial charge in [-0.15, -0.1) is 0 Å². The van der Waals surface area contributed by atoms with Gasteiger partial charge < -0.3 is 29.0 Å². The van der Waals surface area contributed by atoms with Crippen molar-refractivity contribution in [1.82, 2.24) is 14.8 Å². The van der Waals surface area contributed by atoms with Gasteiger partial charge in [-0.2, -0.15) is 0 Å². The van der Waals surface area contributed by atoms with Crippen molar-refractivity contribution in [1.29, 1.82) is 0 Å². The maximum Gasteiger partial charge on any atom is 0.409 e. The monoisotopic (exact) mass is 493 g/mol. The average Bonchev–Trinajstić information content (AvgIpc) is 3.35. The van der Waals surface area contributed by atoms with Gasteiger partial charge in [0.15, 0.2) is 11.5 Å². The third-order valence-electron chi connectivity index (χ3n) is 6.94. The van der Waals surface area contributed by atoms with Gasteiger partial charge in [0, 0.05) is 55.6 Å². The maximum atomic E-state index is 13.5. The van der Waals surface area contributed by atoms with Crippen LogP contribution in [-0.2, 0) is 16.0 Å². The van der Waals surface area contributed by atoms with Gasteiger partial charge in [-0.3, -0.25) is 4.79 Å². The molecule has 2 heterocycles. The summed E-state index contributed by atoms with van der Waals surface area (Å²) in [4.78, 5) is 32.6. The van der Waals surface area contributed by atoms with Crippen molar-refractivity contribution in [3.05, 3.63) is 59.3 Å². The highest BCUT2D eigenvalue weighted by Crippen LogP contribution is 2.38. The molecule has 4 rings (SSSR count). The summed E-state index contributed by atoms with van der Waals surface area (Å²) in [6, 6.07) is 12.1. The summed E-state index contributed by atoms with van der Waals surface area (Å²) in [5.74, 6) is 1.15. The van der Waals surface area contributed by atoms with E-state index in [0.29, 0.717) is 50.7 Å². The molecule has 0 saturated carbocycles. The fraction of sp³-hybridized carbons (Fsp3) is 0.429. The van der Waals surface area contributed by atoms with Crippen LogP contribution in [0.5, 0.6) is 11.5 Å². The zero-order valence-electron chi connectivity index (χ0n) is 21.5. The number of benzene rings is 2. The van der Waals surface area contributed by atoms with E-state index in [1.165, 1.54) is 5.56 Å². The highest BCUT2D eigenvalue weighted by atomic mass is 16.6. The molecule has 36 heavy (non-hydrogen) atoms. The number of para-hydroxylation sites is 1. The molecular formula is C28H35N3O5. The number of ether oxygens (including phenoxy) is 3. The van der Waals surface area contributed by atoms with E-state index in [-0.39, 0.29) is 17.9 Å². The number of H-pyrrole nitrogens is 1. The molecule has 0 spiro atoms. The van der Waals surface area contributed by atoms with E-state index in [2.05, 4.69) is 30.1 Å². The van der Waals surface area contributed by atoms with Crippen molar-refractivity contribution < 1.29 is 23.8 Å². The molecule has 0 radical (unpaired) electrons.